The van der Waals surface area contributed by atoms with Gasteiger partial charge < -0.3 is 4.90 Å². The van der Waals surface area contributed by atoms with Gasteiger partial charge in [-0.15, -0.1) is 0 Å². The molecule has 6 aliphatic rings. The van der Waals surface area contributed by atoms with Crippen LogP contribution in [-0.4, -0.2) is 22.8 Å². The van der Waals surface area contributed by atoms with Crippen molar-refractivity contribution in [1.29, 1.82) is 10.5 Å². The molecule has 1 saturated heterocycles. The molecule has 0 amide bonds. The first-order chi connectivity index (χ1) is 18.8. The maximum Gasteiger partial charge on any atom is 0.288 e. The highest BCUT2D eigenvalue weighted by atomic mass is 35.5. The second-order valence-corrected chi connectivity index (χ2v) is 12.7. The molecule has 2 aliphatic heterocycles. The van der Waals surface area contributed by atoms with Gasteiger partial charge in [-0.25, -0.2) is 0 Å². The number of ketones is 1. The first-order valence-corrected chi connectivity index (χ1v) is 14.0. The van der Waals surface area contributed by atoms with Gasteiger partial charge in [-0.3, -0.25) is 14.9 Å². The molecule has 3 atom stereocenters. The molecule has 196 valence electrons. The van der Waals surface area contributed by atoms with Crippen molar-refractivity contribution in [2.75, 3.05) is 4.90 Å². The van der Waals surface area contributed by atoms with E-state index in [0.717, 1.165) is 30.5 Å². The Hall–Kier alpha value is -3.68. The van der Waals surface area contributed by atoms with Crippen molar-refractivity contribution in [2.24, 2.45) is 28.6 Å². The Balaban J connectivity index is 1.46. The number of carbonyl (C=O) groups is 1. The highest BCUT2D eigenvalue weighted by molar-refractivity contribution is 6.32. The predicted molar refractivity (Wildman–Crippen MR) is 146 cm³/mol. The molecule has 8 rings (SSSR count). The molecule has 0 radical (unpaired) electrons. The van der Waals surface area contributed by atoms with E-state index in [9.17, 15) is 20.6 Å². The minimum atomic E-state index is -1.63. The molecule has 7 nitrogen and oxygen atoms in total. The maximum atomic E-state index is 15.1. The highest BCUT2D eigenvalue weighted by Gasteiger charge is 2.67. The van der Waals surface area contributed by atoms with Crippen LogP contribution in [0.25, 0.3) is 6.08 Å². The number of nitro benzene ring substituents is 1. The molecule has 0 spiro atoms. The lowest BCUT2D eigenvalue weighted by Gasteiger charge is -2.57. The molecule has 2 heterocycles. The van der Waals surface area contributed by atoms with E-state index in [1.165, 1.54) is 31.4 Å². The molecule has 4 bridgehead atoms. The van der Waals surface area contributed by atoms with Crippen molar-refractivity contribution in [3.05, 3.63) is 74.8 Å². The third-order valence-corrected chi connectivity index (χ3v) is 10.6. The van der Waals surface area contributed by atoms with Gasteiger partial charge in [0.25, 0.3) is 5.69 Å². The van der Waals surface area contributed by atoms with Crippen LogP contribution in [0.1, 0.15) is 55.6 Å². The van der Waals surface area contributed by atoms with Gasteiger partial charge in [-0.05, 0) is 79.5 Å². The Kier molecular flexibility index (Phi) is 5.25. The van der Waals surface area contributed by atoms with Crippen molar-refractivity contribution in [3.63, 3.8) is 0 Å². The fraction of sp³-hybridized carbons (Fsp3) is 0.452. The summed E-state index contributed by atoms with van der Waals surface area (Å²) in [5.41, 5.74) is -0.247. The van der Waals surface area contributed by atoms with Crippen LogP contribution < -0.4 is 4.90 Å². The summed E-state index contributed by atoms with van der Waals surface area (Å²) in [6, 6.07) is 15.4. The van der Waals surface area contributed by atoms with Crippen LogP contribution in [-0.2, 0) is 4.79 Å². The fourth-order valence-electron chi connectivity index (χ4n) is 9.20. The highest BCUT2D eigenvalue weighted by Crippen LogP contribution is 2.64. The van der Waals surface area contributed by atoms with E-state index in [1.807, 2.05) is 41.3 Å². The number of hydrogen-bond donors (Lipinski definition) is 0. The average Bonchev–Trinajstić information content (AvgIpc) is 3.23. The van der Waals surface area contributed by atoms with E-state index in [2.05, 4.69) is 12.1 Å². The van der Waals surface area contributed by atoms with Gasteiger partial charge in [-0.1, -0.05) is 48.0 Å². The van der Waals surface area contributed by atoms with Gasteiger partial charge in [0.15, 0.2) is 11.2 Å². The number of rotatable bonds is 4. The van der Waals surface area contributed by atoms with Crippen molar-refractivity contribution >= 4 is 34.8 Å². The van der Waals surface area contributed by atoms with E-state index in [1.54, 1.807) is 6.07 Å². The third-order valence-electron chi connectivity index (χ3n) is 10.3. The molecule has 8 heteroatoms. The zero-order valence-electron chi connectivity index (χ0n) is 21.3. The second-order valence-electron chi connectivity index (χ2n) is 12.3. The fourth-order valence-corrected chi connectivity index (χ4v) is 9.38. The number of nitrogens with zero attached hydrogens (tertiary/aromatic N) is 4. The Labute approximate surface area is 231 Å². The molecule has 5 fully saturated rings. The number of nitriles is 2. The summed E-state index contributed by atoms with van der Waals surface area (Å²) in [7, 11) is 0. The van der Waals surface area contributed by atoms with E-state index in [-0.39, 0.29) is 16.5 Å². The number of para-hydroxylation sites is 1. The zero-order chi connectivity index (χ0) is 27.1. The number of benzene rings is 2. The Morgan fingerprint density at radius 3 is 2.28 bits per heavy atom. The van der Waals surface area contributed by atoms with Crippen molar-refractivity contribution in [1.82, 2.24) is 0 Å². The molecule has 0 unspecified atom stereocenters. The number of anilines is 1. The molecule has 2 aromatic rings. The standard InChI is InChI=1S/C31H27ClN4O3/c32-23-7-5-22(12-25(23)36(38)39)27-28(29(37)30-13-18-9-19(14-30)11-20(10-18)15-30)35-24-4-2-1-3-21(24)6-8-26(35)31(27,16-33)17-34/h1-8,12,18-20,26-28H,9-11,13-15H2/t18?,19?,20?,26-,27+,28-,30?/m0/s1. The lowest BCUT2D eigenvalue weighted by atomic mass is 9.47. The van der Waals surface area contributed by atoms with Crippen LogP contribution in [0.4, 0.5) is 11.4 Å². The number of hydrogen-bond acceptors (Lipinski definition) is 6. The quantitative estimate of drug-likeness (QED) is 0.327. The summed E-state index contributed by atoms with van der Waals surface area (Å²) in [4.78, 5) is 28.4. The van der Waals surface area contributed by atoms with E-state index >= 15 is 4.79 Å². The Morgan fingerprint density at radius 1 is 1.03 bits per heavy atom. The molecule has 4 aliphatic carbocycles. The maximum absolute atomic E-state index is 15.1. The molecule has 0 N–H and O–H groups in total. The summed E-state index contributed by atoms with van der Waals surface area (Å²) >= 11 is 6.18. The summed E-state index contributed by atoms with van der Waals surface area (Å²) in [5.74, 6) is 0.824. The molecule has 39 heavy (non-hydrogen) atoms. The Bertz CT molecular complexity index is 1490. The van der Waals surface area contributed by atoms with Crippen molar-refractivity contribution in [3.8, 4) is 12.1 Å². The summed E-state index contributed by atoms with van der Waals surface area (Å²) in [6.07, 6.45) is 9.88. The van der Waals surface area contributed by atoms with Crippen molar-refractivity contribution in [2.45, 2.75) is 56.5 Å². The van der Waals surface area contributed by atoms with Gasteiger partial charge in [0.05, 0.1) is 29.1 Å². The first kappa shape index (κ1) is 24.4. The first-order valence-electron chi connectivity index (χ1n) is 13.7. The number of fused-ring (bicyclic) bond motifs is 3. The third kappa shape index (κ3) is 3.29. The topological polar surface area (TPSA) is 111 Å². The van der Waals surface area contributed by atoms with Gasteiger partial charge in [0, 0.05) is 23.1 Å². The zero-order valence-corrected chi connectivity index (χ0v) is 22.1. The van der Waals surface area contributed by atoms with Crippen LogP contribution in [0.15, 0.2) is 48.5 Å². The van der Waals surface area contributed by atoms with Crippen LogP contribution >= 0.6 is 11.6 Å². The lowest BCUT2D eigenvalue weighted by molar-refractivity contribution is -0.384. The molecular weight excluding hydrogens is 512 g/mol. The monoisotopic (exact) mass is 538 g/mol. The van der Waals surface area contributed by atoms with Crippen LogP contribution in [0.3, 0.4) is 0 Å². The largest absolute Gasteiger partial charge is 0.351 e. The lowest BCUT2D eigenvalue weighted by Crippen LogP contribution is -2.56. The Morgan fingerprint density at radius 2 is 1.67 bits per heavy atom. The number of carbonyl (C=O) groups excluding carboxylic acids is 1. The summed E-state index contributed by atoms with van der Waals surface area (Å²) in [5, 5.41) is 33.2. The second kappa shape index (κ2) is 8.41. The van der Waals surface area contributed by atoms with Crippen LogP contribution in [0.5, 0.6) is 0 Å². The van der Waals surface area contributed by atoms with Crippen molar-refractivity contribution < 1.29 is 9.72 Å². The number of halogens is 1. The van der Waals surface area contributed by atoms with Gasteiger partial charge in [0.2, 0.25) is 0 Å². The SMILES string of the molecule is N#CC1(C#N)[C@H](c2ccc(Cl)c([N+](=O)[O-])c2)[C@@H](C(=O)C23CC4CC(CC(C4)C2)C3)N2c3ccccc3C=C[C@H]21. The van der Waals surface area contributed by atoms with Crippen LogP contribution in [0.2, 0.25) is 5.02 Å². The van der Waals surface area contributed by atoms with Gasteiger partial charge >= 0.3 is 0 Å². The van der Waals surface area contributed by atoms with E-state index in [0.29, 0.717) is 23.3 Å². The smallest absolute Gasteiger partial charge is 0.288 e. The minimum Gasteiger partial charge on any atom is -0.351 e. The normalized spacial score (nSPS) is 34.6. The number of nitro groups is 1. The number of Topliss-reactive ketones (excluding diaryl/α,β-unsaturated/α-hetero) is 1. The molecule has 4 saturated carbocycles. The van der Waals surface area contributed by atoms with E-state index < -0.39 is 33.8 Å². The minimum absolute atomic E-state index is 0.0202. The molecular formula is C31H27ClN4O3. The molecule has 2 aromatic carbocycles. The van der Waals surface area contributed by atoms with Gasteiger partial charge in [0.1, 0.15) is 5.02 Å². The summed E-state index contributed by atoms with van der Waals surface area (Å²) in [6.45, 7) is 0. The van der Waals surface area contributed by atoms with Gasteiger partial charge in [-0.2, -0.15) is 10.5 Å². The average molecular weight is 539 g/mol. The van der Waals surface area contributed by atoms with Crippen LogP contribution in [0, 0.1) is 61.4 Å². The predicted octanol–water partition coefficient (Wildman–Crippen LogP) is 6.44. The summed E-state index contributed by atoms with van der Waals surface area (Å²) < 4.78 is 0. The van der Waals surface area contributed by atoms with E-state index in [4.69, 9.17) is 11.6 Å². The molecule has 0 aromatic heterocycles.